The minimum atomic E-state index is -0.528. The molecule has 0 bridgehead atoms. The highest BCUT2D eigenvalue weighted by Gasteiger charge is 2.21. The van der Waals surface area contributed by atoms with Gasteiger partial charge in [0, 0.05) is 10.9 Å². The van der Waals surface area contributed by atoms with Crippen LogP contribution in [0.15, 0.2) is 16.8 Å². The Balaban J connectivity index is 2.89. The lowest BCUT2D eigenvalue weighted by atomic mass is 10.1. The summed E-state index contributed by atoms with van der Waals surface area (Å²) in [4.78, 5) is 10.1. The first-order chi connectivity index (χ1) is 6.61. The van der Waals surface area contributed by atoms with Crippen LogP contribution >= 0.6 is 11.6 Å². The van der Waals surface area contributed by atoms with Gasteiger partial charge >= 0.3 is 0 Å². The fraction of sp³-hybridized carbons (Fsp3) is 0.125. The number of hydrogen-bond acceptors (Lipinski definition) is 4. The van der Waals surface area contributed by atoms with Crippen molar-refractivity contribution in [1.29, 1.82) is 0 Å². The van der Waals surface area contributed by atoms with Crippen molar-refractivity contribution in [2.75, 3.05) is 0 Å². The van der Waals surface area contributed by atoms with E-state index in [1.54, 1.807) is 13.0 Å². The molecule has 0 radical (unpaired) electrons. The van der Waals surface area contributed by atoms with Crippen molar-refractivity contribution in [2.24, 2.45) is 0 Å². The molecule has 0 N–H and O–H groups in total. The summed E-state index contributed by atoms with van der Waals surface area (Å²) >= 11 is 5.81. The Labute approximate surface area is 83.4 Å². The maximum absolute atomic E-state index is 10.7. The zero-order valence-electron chi connectivity index (χ0n) is 7.15. The molecule has 0 aliphatic heterocycles. The van der Waals surface area contributed by atoms with E-state index in [1.807, 2.05) is 0 Å². The average Bonchev–Trinajstić information content (AvgIpc) is 2.50. The second kappa shape index (κ2) is 2.95. The third-order valence-corrected chi connectivity index (χ3v) is 2.28. The van der Waals surface area contributed by atoms with Crippen LogP contribution < -0.4 is 0 Å². The molecule has 72 valence electrons. The molecule has 0 atom stereocenters. The van der Waals surface area contributed by atoms with Crippen molar-refractivity contribution in [2.45, 2.75) is 6.92 Å². The molecule has 1 aromatic carbocycles. The van der Waals surface area contributed by atoms with Crippen molar-refractivity contribution in [3.8, 4) is 0 Å². The normalized spacial score (nSPS) is 10.7. The van der Waals surface area contributed by atoms with Gasteiger partial charge in [0.05, 0.1) is 11.1 Å². The number of aryl methyl sites for hydroxylation is 1. The number of nitro groups is 1. The Morgan fingerprint density at radius 2 is 2.36 bits per heavy atom. The molecular formula is C8H5ClN2O3. The lowest BCUT2D eigenvalue weighted by Crippen LogP contribution is -1.92. The van der Waals surface area contributed by atoms with Crippen LogP contribution in [0.2, 0.25) is 5.02 Å². The Kier molecular flexibility index (Phi) is 1.89. The van der Waals surface area contributed by atoms with Crippen LogP contribution in [0.5, 0.6) is 0 Å². The molecule has 0 saturated carbocycles. The van der Waals surface area contributed by atoms with E-state index in [2.05, 4.69) is 5.16 Å². The summed E-state index contributed by atoms with van der Waals surface area (Å²) in [6.07, 6.45) is 1.47. The van der Waals surface area contributed by atoms with E-state index in [-0.39, 0.29) is 16.3 Å². The molecule has 0 saturated heterocycles. The van der Waals surface area contributed by atoms with Gasteiger partial charge in [-0.15, -0.1) is 0 Å². The van der Waals surface area contributed by atoms with Crippen molar-refractivity contribution in [1.82, 2.24) is 5.16 Å². The molecule has 2 aromatic rings. The summed E-state index contributed by atoms with van der Waals surface area (Å²) < 4.78 is 4.81. The molecule has 1 heterocycles. The van der Waals surface area contributed by atoms with Crippen LogP contribution in [0.4, 0.5) is 5.69 Å². The minimum absolute atomic E-state index is 0.00231. The summed E-state index contributed by atoms with van der Waals surface area (Å²) in [5.41, 5.74) is 0.621. The van der Waals surface area contributed by atoms with Crippen LogP contribution in [-0.4, -0.2) is 10.1 Å². The van der Waals surface area contributed by atoms with E-state index >= 15 is 0 Å². The van der Waals surface area contributed by atoms with Crippen molar-refractivity contribution >= 4 is 28.3 Å². The molecule has 1 aromatic heterocycles. The first-order valence-electron chi connectivity index (χ1n) is 3.79. The highest BCUT2D eigenvalue weighted by molar-refractivity contribution is 6.37. The van der Waals surface area contributed by atoms with E-state index in [0.717, 1.165) is 0 Å². The summed E-state index contributed by atoms with van der Waals surface area (Å²) in [5, 5.41) is 14.9. The smallest absolute Gasteiger partial charge is 0.294 e. The van der Waals surface area contributed by atoms with E-state index in [1.165, 1.54) is 6.20 Å². The van der Waals surface area contributed by atoms with Gasteiger partial charge in [-0.3, -0.25) is 10.1 Å². The van der Waals surface area contributed by atoms with E-state index in [9.17, 15) is 10.1 Å². The molecule has 0 unspecified atom stereocenters. The summed E-state index contributed by atoms with van der Waals surface area (Å²) in [6, 6.07) is 1.62. The van der Waals surface area contributed by atoms with Gasteiger partial charge in [-0.05, 0) is 13.0 Å². The lowest BCUT2D eigenvalue weighted by Gasteiger charge is -1.98. The summed E-state index contributed by atoms with van der Waals surface area (Å²) in [6.45, 7) is 1.62. The zero-order valence-corrected chi connectivity index (χ0v) is 7.91. The number of nitrogens with zero attached hydrogens (tertiary/aromatic N) is 2. The molecule has 0 spiro atoms. The predicted molar refractivity (Wildman–Crippen MR) is 50.4 cm³/mol. The molecule has 2 rings (SSSR count). The molecule has 0 aliphatic carbocycles. The summed E-state index contributed by atoms with van der Waals surface area (Å²) in [7, 11) is 0. The maximum atomic E-state index is 10.7. The number of halogens is 1. The van der Waals surface area contributed by atoms with Gasteiger partial charge < -0.3 is 4.52 Å². The van der Waals surface area contributed by atoms with Crippen molar-refractivity contribution in [3.63, 3.8) is 0 Å². The number of fused-ring (bicyclic) bond motifs is 1. The molecule has 14 heavy (non-hydrogen) atoms. The Hall–Kier alpha value is -1.62. The fourth-order valence-electron chi connectivity index (χ4n) is 1.32. The predicted octanol–water partition coefficient (Wildman–Crippen LogP) is 2.70. The Morgan fingerprint density at radius 1 is 1.64 bits per heavy atom. The topological polar surface area (TPSA) is 69.2 Å². The van der Waals surface area contributed by atoms with Crippen LogP contribution in [0.1, 0.15) is 5.56 Å². The molecule has 0 fully saturated rings. The van der Waals surface area contributed by atoms with Crippen LogP contribution in [0.25, 0.3) is 11.0 Å². The Bertz CT molecular complexity index is 521. The minimum Gasteiger partial charge on any atom is -0.354 e. The fourth-order valence-corrected chi connectivity index (χ4v) is 1.68. The van der Waals surface area contributed by atoms with Gasteiger partial charge in [0.25, 0.3) is 5.69 Å². The Morgan fingerprint density at radius 3 is 3.00 bits per heavy atom. The third kappa shape index (κ3) is 1.13. The quantitative estimate of drug-likeness (QED) is 0.538. The highest BCUT2D eigenvalue weighted by Crippen LogP contribution is 2.35. The molecule has 5 nitrogen and oxygen atoms in total. The van der Waals surface area contributed by atoms with Crippen molar-refractivity contribution < 1.29 is 9.45 Å². The van der Waals surface area contributed by atoms with E-state index in [0.29, 0.717) is 10.9 Å². The monoisotopic (exact) mass is 212 g/mol. The lowest BCUT2D eigenvalue weighted by molar-refractivity contribution is -0.385. The number of rotatable bonds is 1. The number of hydrogen-bond donors (Lipinski definition) is 0. The van der Waals surface area contributed by atoms with Gasteiger partial charge in [-0.25, -0.2) is 0 Å². The first kappa shape index (κ1) is 8.96. The highest BCUT2D eigenvalue weighted by atomic mass is 35.5. The van der Waals surface area contributed by atoms with Crippen molar-refractivity contribution in [3.05, 3.63) is 33.0 Å². The van der Waals surface area contributed by atoms with Gasteiger partial charge in [0.1, 0.15) is 0 Å². The standard InChI is InChI=1S/C8H5ClN2O3/c1-4-2-5-3-10-14-8(5)6(9)7(4)11(12)13/h2-3H,1H3. The van der Waals surface area contributed by atoms with E-state index in [4.69, 9.17) is 16.1 Å². The second-order valence-corrected chi connectivity index (χ2v) is 3.24. The third-order valence-electron chi connectivity index (χ3n) is 1.93. The largest absolute Gasteiger partial charge is 0.354 e. The molecule has 0 aliphatic rings. The number of nitro benzene ring substituents is 1. The first-order valence-corrected chi connectivity index (χ1v) is 4.17. The molecular weight excluding hydrogens is 208 g/mol. The number of aromatic nitrogens is 1. The van der Waals surface area contributed by atoms with Gasteiger partial charge in [-0.2, -0.15) is 0 Å². The van der Waals surface area contributed by atoms with Crippen LogP contribution in [0, 0.1) is 17.0 Å². The van der Waals surface area contributed by atoms with Gasteiger partial charge in [-0.1, -0.05) is 16.8 Å². The zero-order chi connectivity index (χ0) is 10.3. The summed E-state index contributed by atoms with van der Waals surface area (Å²) in [5.74, 6) is 0. The molecule has 6 heteroatoms. The van der Waals surface area contributed by atoms with Crippen LogP contribution in [-0.2, 0) is 0 Å². The maximum Gasteiger partial charge on any atom is 0.294 e. The molecule has 0 amide bonds. The SMILES string of the molecule is Cc1cc2cnoc2c(Cl)c1[N+](=O)[O-]. The average molecular weight is 213 g/mol. The van der Waals surface area contributed by atoms with Gasteiger partial charge in [0.2, 0.25) is 0 Å². The van der Waals surface area contributed by atoms with E-state index < -0.39 is 4.92 Å². The number of benzene rings is 1. The van der Waals surface area contributed by atoms with Gasteiger partial charge in [0.15, 0.2) is 10.6 Å². The second-order valence-electron chi connectivity index (χ2n) is 2.86. The van der Waals surface area contributed by atoms with Crippen LogP contribution in [0.3, 0.4) is 0 Å².